The summed E-state index contributed by atoms with van der Waals surface area (Å²) in [4.78, 5) is 13.0. The number of rotatable bonds is 7. The quantitative estimate of drug-likeness (QED) is 0.464. The zero-order chi connectivity index (χ0) is 21.8. The van der Waals surface area contributed by atoms with E-state index in [1.165, 1.54) is 12.1 Å². The summed E-state index contributed by atoms with van der Waals surface area (Å²) in [6, 6.07) is 19.7. The summed E-state index contributed by atoms with van der Waals surface area (Å²) in [5.74, 6) is 0.401. The molecule has 0 unspecified atom stereocenters. The van der Waals surface area contributed by atoms with Gasteiger partial charge in [0.05, 0.1) is 16.8 Å². The Bertz CT molecular complexity index is 1280. The second-order valence-corrected chi connectivity index (χ2v) is 8.48. The molecule has 0 aliphatic rings. The van der Waals surface area contributed by atoms with E-state index in [-0.39, 0.29) is 10.8 Å². The average molecular weight is 436 g/mol. The monoisotopic (exact) mass is 435 g/mol. The van der Waals surface area contributed by atoms with Crippen LogP contribution in [0.5, 0.6) is 0 Å². The van der Waals surface area contributed by atoms with Crippen LogP contribution in [0.4, 0.5) is 0 Å². The lowest BCUT2D eigenvalue weighted by Crippen LogP contribution is -2.26. The van der Waals surface area contributed by atoms with Gasteiger partial charge in [-0.1, -0.05) is 30.3 Å². The van der Waals surface area contributed by atoms with Crippen molar-refractivity contribution in [1.29, 1.82) is 0 Å². The van der Waals surface area contributed by atoms with Crippen molar-refractivity contribution in [2.24, 2.45) is 5.14 Å². The third-order valence-corrected chi connectivity index (χ3v) is 5.72. The van der Waals surface area contributed by atoms with Crippen LogP contribution in [-0.2, 0) is 16.4 Å². The van der Waals surface area contributed by atoms with Crippen LogP contribution in [0.15, 0.2) is 90.2 Å². The van der Waals surface area contributed by atoms with Gasteiger partial charge in [0, 0.05) is 18.9 Å². The van der Waals surface area contributed by atoms with Gasteiger partial charge in [0.25, 0.3) is 5.91 Å². The van der Waals surface area contributed by atoms with Crippen LogP contribution in [0, 0.1) is 0 Å². The Morgan fingerprint density at radius 2 is 1.65 bits per heavy atom. The van der Waals surface area contributed by atoms with Crippen LogP contribution in [0.3, 0.4) is 0 Å². The summed E-state index contributed by atoms with van der Waals surface area (Å²) in [7, 11) is -3.72. The first-order valence-electron chi connectivity index (χ1n) is 9.60. The lowest BCUT2D eigenvalue weighted by atomic mass is 10.1. The standard InChI is InChI=1S/C22H21N5O3S/c23-31(29,30)19-10-8-17(9-11-19)12-13-24-21(28)20-16-25-27(18-6-2-1-3-7-18)22(20)26-14-4-5-15-26/h1-11,14-16H,12-13H2,(H,24,28)(H2,23,29,30). The molecular formula is C22H21N5O3S. The first kappa shape index (κ1) is 20.6. The highest BCUT2D eigenvalue weighted by molar-refractivity contribution is 7.89. The molecule has 158 valence electrons. The Kier molecular flexibility index (Phi) is 5.70. The Balaban J connectivity index is 1.51. The highest BCUT2D eigenvalue weighted by atomic mass is 32.2. The number of nitrogens with zero attached hydrogens (tertiary/aromatic N) is 3. The van der Waals surface area contributed by atoms with Gasteiger partial charge < -0.3 is 9.88 Å². The molecule has 8 nitrogen and oxygen atoms in total. The number of aromatic nitrogens is 3. The molecule has 4 rings (SSSR count). The molecular weight excluding hydrogens is 414 g/mol. The fourth-order valence-electron chi connectivity index (χ4n) is 3.25. The molecule has 4 aromatic rings. The predicted molar refractivity (Wildman–Crippen MR) is 117 cm³/mol. The predicted octanol–water partition coefficient (Wildman–Crippen LogP) is 2.28. The van der Waals surface area contributed by atoms with Gasteiger partial charge in [-0.15, -0.1) is 0 Å². The summed E-state index contributed by atoms with van der Waals surface area (Å²) in [6.07, 6.45) is 5.82. The second kappa shape index (κ2) is 8.58. The molecule has 0 aliphatic carbocycles. The Labute approximate surface area is 180 Å². The maximum absolute atomic E-state index is 12.9. The SMILES string of the molecule is NS(=O)(=O)c1ccc(CCNC(=O)c2cnn(-c3ccccc3)c2-n2cccc2)cc1. The third kappa shape index (κ3) is 4.57. The van der Waals surface area contributed by atoms with E-state index in [4.69, 9.17) is 5.14 Å². The number of carbonyl (C=O) groups excluding carboxylic acids is 1. The van der Waals surface area contributed by atoms with Crippen LogP contribution < -0.4 is 10.5 Å². The molecule has 3 N–H and O–H groups in total. The minimum Gasteiger partial charge on any atom is -0.352 e. The topological polar surface area (TPSA) is 112 Å². The summed E-state index contributed by atoms with van der Waals surface area (Å²) in [5, 5.41) is 12.5. The molecule has 2 aromatic carbocycles. The molecule has 0 saturated carbocycles. The van der Waals surface area contributed by atoms with Gasteiger partial charge in [-0.25, -0.2) is 18.2 Å². The number of amides is 1. The van der Waals surface area contributed by atoms with Crippen molar-refractivity contribution in [3.8, 4) is 11.5 Å². The minimum absolute atomic E-state index is 0.0602. The van der Waals surface area contributed by atoms with Crippen molar-refractivity contribution in [3.05, 3.63) is 96.4 Å². The number of hydrogen-bond acceptors (Lipinski definition) is 4. The van der Waals surface area contributed by atoms with E-state index in [9.17, 15) is 13.2 Å². The Morgan fingerprint density at radius 1 is 0.968 bits per heavy atom. The largest absolute Gasteiger partial charge is 0.352 e. The van der Waals surface area contributed by atoms with Crippen LogP contribution in [0.1, 0.15) is 15.9 Å². The molecule has 0 saturated heterocycles. The molecule has 0 fully saturated rings. The lowest BCUT2D eigenvalue weighted by molar-refractivity contribution is 0.0954. The molecule has 1 amide bonds. The zero-order valence-corrected chi connectivity index (χ0v) is 17.4. The maximum atomic E-state index is 12.9. The molecule has 0 atom stereocenters. The normalized spacial score (nSPS) is 11.4. The van der Waals surface area contributed by atoms with Crippen molar-refractivity contribution >= 4 is 15.9 Å². The number of benzene rings is 2. The summed E-state index contributed by atoms with van der Waals surface area (Å²) < 4.78 is 26.3. The van der Waals surface area contributed by atoms with Crippen molar-refractivity contribution in [1.82, 2.24) is 19.7 Å². The van der Waals surface area contributed by atoms with Gasteiger partial charge in [0.1, 0.15) is 5.56 Å². The number of nitrogens with two attached hydrogens (primary N) is 1. The Hall–Kier alpha value is -3.69. The summed E-state index contributed by atoms with van der Waals surface area (Å²) >= 11 is 0. The van der Waals surface area contributed by atoms with E-state index in [2.05, 4.69) is 10.4 Å². The first-order valence-corrected chi connectivity index (χ1v) is 11.1. The van der Waals surface area contributed by atoms with Gasteiger partial charge in [-0.05, 0) is 48.4 Å². The van der Waals surface area contributed by atoms with Crippen LogP contribution in [-0.4, -0.2) is 35.2 Å². The van der Waals surface area contributed by atoms with E-state index in [1.807, 2.05) is 59.4 Å². The van der Waals surface area contributed by atoms with E-state index < -0.39 is 10.0 Å². The number of sulfonamides is 1. The van der Waals surface area contributed by atoms with Gasteiger partial charge in [0.2, 0.25) is 10.0 Å². The summed E-state index contributed by atoms with van der Waals surface area (Å²) in [6.45, 7) is 0.384. The smallest absolute Gasteiger partial charge is 0.256 e. The summed E-state index contributed by atoms with van der Waals surface area (Å²) in [5.41, 5.74) is 2.18. The van der Waals surface area contributed by atoms with E-state index in [0.717, 1.165) is 11.3 Å². The highest BCUT2D eigenvalue weighted by Gasteiger charge is 2.19. The van der Waals surface area contributed by atoms with Gasteiger partial charge >= 0.3 is 0 Å². The van der Waals surface area contributed by atoms with E-state index in [0.29, 0.717) is 24.3 Å². The van der Waals surface area contributed by atoms with Crippen LogP contribution in [0.2, 0.25) is 0 Å². The average Bonchev–Trinajstić information content (AvgIpc) is 3.44. The number of para-hydroxylation sites is 1. The van der Waals surface area contributed by atoms with Gasteiger partial charge in [0.15, 0.2) is 5.82 Å². The van der Waals surface area contributed by atoms with Gasteiger partial charge in [-0.3, -0.25) is 4.79 Å². The third-order valence-electron chi connectivity index (χ3n) is 4.79. The number of carbonyl (C=O) groups is 1. The fraction of sp³-hybridized carbons (Fsp3) is 0.0909. The number of nitrogens with one attached hydrogen (secondary N) is 1. The lowest BCUT2D eigenvalue weighted by Gasteiger charge is -2.11. The Morgan fingerprint density at radius 3 is 2.29 bits per heavy atom. The number of hydrogen-bond donors (Lipinski definition) is 2. The zero-order valence-electron chi connectivity index (χ0n) is 16.5. The molecule has 2 heterocycles. The minimum atomic E-state index is -3.72. The second-order valence-electron chi connectivity index (χ2n) is 6.91. The van der Waals surface area contributed by atoms with Crippen molar-refractivity contribution in [2.45, 2.75) is 11.3 Å². The van der Waals surface area contributed by atoms with Crippen LogP contribution in [0.25, 0.3) is 11.5 Å². The van der Waals surface area contributed by atoms with E-state index in [1.54, 1.807) is 23.0 Å². The molecule has 0 bridgehead atoms. The van der Waals surface area contributed by atoms with Gasteiger partial charge in [-0.2, -0.15) is 5.10 Å². The van der Waals surface area contributed by atoms with E-state index >= 15 is 0 Å². The fourth-order valence-corrected chi connectivity index (χ4v) is 3.76. The van der Waals surface area contributed by atoms with Crippen molar-refractivity contribution < 1.29 is 13.2 Å². The first-order chi connectivity index (χ1) is 14.9. The molecule has 2 aromatic heterocycles. The molecule has 0 radical (unpaired) electrons. The maximum Gasteiger partial charge on any atom is 0.256 e. The highest BCUT2D eigenvalue weighted by Crippen LogP contribution is 2.19. The van der Waals surface area contributed by atoms with Crippen molar-refractivity contribution in [2.75, 3.05) is 6.54 Å². The molecule has 0 aliphatic heterocycles. The molecule has 31 heavy (non-hydrogen) atoms. The van der Waals surface area contributed by atoms with Crippen LogP contribution >= 0.6 is 0 Å². The number of primary sulfonamides is 1. The van der Waals surface area contributed by atoms with Crippen molar-refractivity contribution in [3.63, 3.8) is 0 Å². The molecule has 0 spiro atoms. The molecule has 9 heteroatoms.